The number of nitrogens with zero attached hydrogens (tertiary/aromatic N) is 3. The van der Waals surface area contributed by atoms with Crippen molar-refractivity contribution in [1.29, 1.82) is 0 Å². The topological polar surface area (TPSA) is 31.0 Å². The highest BCUT2D eigenvalue weighted by molar-refractivity contribution is 6.30. The molecule has 0 atom stereocenters. The molecule has 0 bridgehead atoms. The summed E-state index contributed by atoms with van der Waals surface area (Å²) in [6.45, 7) is 6.97. The second-order valence-corrected chi connectivity index (χ2v) is 9.42. The highest BCUT2D eigenvalue weighted by Gasteiger charge is 2.19. The van der Waals surface area contributed by atoms with Gasteiger partial charge in [-0.25, -0.2) is 0 Å². The van der Waals surface area contributed by atoms with Gasteiger partial charge in [-0.2, -0.15) is 0 Å². The zero-order chi connectivity index (χ0) is 22.6. The van der Waals surface area contributed by atoms with E-state index in [-0.39, 0.29) is 0 Å². The molecule has 0 unspecified atom stereocenters. The fraction of sp³-hybridized carbons (Fsp3) is 0.333. The van der Waals surface area contributed by atoms with E-state index < -0.39 is 0 Å². The van der Waals surface area contributed by atoms with Crippen LogP contribution in [-0.4, -0.2) is 67.7 Å². The van der Waals surface area contributed by atoms with E-state index in [2.05, 4.69) is 69.9 Å². The Morgan fingerprint density at radius 3 is 2.70 bits per heavy atom. The smallest absolute Gasteiger partial charge is 0.122 e. The van der Waals surface area contributed by atoms with Crippen molar-refractivity contribution in [3.8, 4) is 5.75 Å². The zero-order valence-electron chi connectivity index (χ0n) is 19.1. The first-order valence-electron chi connectivity index (χ1n) is 11.7. The summed E-state index contributed by atoms with van der Waals surface area (Å²) >= 11 is 6.01. The van der Waals surface area contributed by atoms with Gasteiger partial charge in [-0.15, -0.1) is 0 Å². The van der Waals surface area contributed by atoms with E-state index in [9.17, 15) is 0 Å². The van der Waals surface area contributed by atoms with E-state index in [4.69, 9.17) is 16.3 Å². The van der Waals surface area contributed by atoms with Crippen LogP contribution >= 0.6 is 11.6 Å². The number of rotatable bonds is 6. The van der Waals surface area contributed by atoms with Crippen LogP contribution in [0.4, 0.5) is 0 Å². The van der Waals surface area contributed by atoms with Gasteiger partial charge in [0.25, 0.3) is 0 Å². The number of hydrogen-bond acceptors (Lipinski definition) is 5. The molecule has 1 fully saturated rings. The van der Waals surface area contributed by atoms with E-state index in [1.54, 1.807) is 0 Å². The van der Waals surface area contributed by atoms with E-state index in [0.717, 1.165) is 74.3 Å². The number of hydrogen-bond donors (Lipinski definition) is 1. The number of halogens is 1. The Morgan fingerprint density at radius 2 is 1.88 bits per heavy atom. The van der Waals surface area contributed by atoms with Crippen molar-refractivity contribution in [2.75, 3.05) is 52.9 Å². The Labute approximate surface area is 201 Å². The van der Waals surface area contributed by atoms with Crippen molar-refractivity contribution >= 4 is 23.4 Å². The van der Waals surface area contributed by atoms with E-state index in [1.807, 2.05) is 24.3 Å². The number of benzene rings is 2. The Bertz CT molecular complexity index is 1070. The lowest BCUT2D eigenvalue weighted by atomic mass is 10.0. The van der Waals surface area contributed by atoms with E-state index in [0.29, 0.717) is 0 Å². The highest BCUT2D eigenvalue weighted by Crippen LogP contribution is 2.29. The Kier molecular flexibility index (Phi) is 6.72. The monoisotopic (exact) mass is 462 g/mol. The van der Waals surface area contributed by atoms with Crippen LogP contribution in [0.15, 0.2) is 66.4 Å². The fourth-order valence-electron chi connectivity index (χ4n) is 4.47. The second kappa shape index (κ2) is 10.0. The van der Waals surface area contributed by atoms with Crippen molar-refractivity contribution in [3.63, 3.8) is 0 Å². The molecule has 5 nitrogen and oxygen atoms in total. The van der Waals surface area contributed by atoms with Gasteiger partial charge in [0.15, 0.2) is 0 Å². The average molecular weight is 463 g/mol. The fourth-order valence-corrected chi connectivity index (χ4v) is 4.60. The average Bonchev–Trinajstić information content (AvgIpc) is 3.30. The minimum Gasteiger partial charge on any atom is -0.493 e. The third-order valence-corrected chi connectivity index (χ3v) is 6.65. The first-order valence-corrected chi connectivity index (χ1v) is 12.0. The van der Waals surface area contributed by atoms with Gasteiger partial charge < -0.3 is 9.64 Å². The highest BCUT2D eigenvalue weighted by atomic mass is 35.5. The summed E-state index contributed by atoms with van der Waals surface area (Å²) in [6.07, 6.45) is 9.84. The molecule has 0 aliphatic carbocycles. The number of piperazine rings is 1. The van der Waals surface area contributed by atoms with Gasteiger partial charge in [-0.3, -0.25) is 15.3 Å². The molecule has 33 heavy (non-hydrogen) atoms. The van der Waals surface area contributed by atoms with E-state index in [1.165, 1.54) is 16.7 Å². The number of fused-ring (bicyclic) bond motifs is 1. The Balaban J connectivity index is 1.33. The molecule has 2 aromatic carbocycles. The van der Waals surface area contributed by atoms with Gasteiger partial charge in [0.05, 0.1) is 18.8 Å². The molecule has 3 heterocycles. The maximum Gasteiger partial charge on any atom is 0.122 e. The first kappa shape index (κ1) is 22.1. The molecule has 0 radical (unpaired) electrons. The normalized spacial score (nSPS) is 19.2. The minimum atomic E-state index is 0.760. The standard InChI is InChI=1S/C27H31ClN4O/c1-30-12-14-31(15-13-30)19-22-17-26(23-6-9-27-24(18-23)10-16-33-27)29-32(20-22)11-2-3-21-4-7-25(28)8-5-21/h2-9,17-18,20,29H,10-16,19H2,1H3. The molecule has 0 aromatic heterocycles. The molecule has 5 rings (SSSR count). The second-order valence-electron chi connectivity index (χ2n) is 8.98. The maximum absolute atomic E-state index is 6.01. The number of nitrogens with one attached hydrogen (secondary N) is 1. The summed E-state index contributed by atoms with van der Waals surface area (Å²) in [5.41, 5.74) is 9.71. The van der Waals surface area contributed by atoms with Gasteiger partial charge in [0.1, 0.15) is 5.75 Å². The largest absolute Gasteiger partial charge is 0.493 e. The zero-order valence-corrected chi connectivity index (χ0v) is 19.9. The van der Waals surface area contributed by atoms with Gasteiger partial charge in [0.2, 0.25) is 0 Å². The summed E-state index contributed by atoms with van der Waals surface area (Å²) in [5, 5.41) is 2.94. The van der Waals surface area contributed by atoms with E-state index >= 15 is 0 Å². The predicted octanol–water partition coefficient (Wildman–Crippen LogP) is 4.28. The molecule has 0 amide bonds. The Hall–Kier alpha value is -2.73. The van der Waals surface area contributed by atoms with Crippen LogP contribution in [0.25, 0.3) is 11.8 Å². The van der Waals surface area contributed by atoms with Crippen LogP contribution in [0.1, 0.15) is 16.7 Å². The third-order valence-electron chi connectivity index (χ3n) is 6.40. The third kappa shape index (κ3) is 5.61. The van der Waals surface area contributed by atoms with Crippen LogP contribution in [-0.2, 0) is 6.42 Å². The van der Waals surface area contributed by atoms with Crippen molar-refractivity contribution in [2.24, 2.45) is 0 Å². The molecule has 0 saturated carbocycles. The van der Waals surface area contributed by atoms with Crippen LogP contribution in [0.5, 0.6) is 5.75 Å². The molecule has 2 aromatic rings. The molecule has 3 aliphatic rings. The van der Waals surface area contributed by atoms with Gasteiger partial charge in [-0.05, 0) is 65.7 Å². The summed E-state index contributed by atoms with van der Waals surface area (Å²) in [6, 6.07) is 14.4. The van der Waals surface area contributed by atoms with Crippen LogP contribution < -0.4 is 10.2 Å². The summed E-state index contributed by atoms with van der Waals surface area (Å²) in [4.78, 5) is 4.94. The quantitative estimate of drug-likeness (QED) is 0.692. The maximum atomic E-state index is 6.01. The summed E-state index contributed by atoms with van der Waals surface area (Å²) < 4.78 is 5.71. The predicted molar refractivity (Wildman–Crippen MR) is 136 cm³/mol. The molecule has 1 saturated heterocycles. The van der Waals surface area contributed by atoms with Gasteiger partial charge >= 0.3 is 0 Å². The lowest BCUT2D eigenvalue weighted by Crippen LogP contribution is -2.45. The number of likely N-dealkylation sites (N-methyl/N-ethyl adjacent to an activating group) is 1. The summed E-state index contributed by atoms with van der Waals surface area (Å²) in [5.74, 6) is 1.02. The molecule has 172 valence electrons. The molecular weight excluding hydrogens is 432 g/mol. The van der Waals surface area contributed by atoms with Crippen molar-refractivity contribution in [2.45, 2.75) is 6.42 Å². The SMILES string of the molecule is CN1CCN(CC2=CN(CC=Cc3ccc(Cl)cc3)NC(c3ccc4c(c3)CCO4)=C2)CC1. The molecular formula is C27H31ClN4O. The minimum absolute atomic E-state index is 0.760. The lowest BCUT2D eigenvalue weighted by Gasteiger charge is -2.34. The number of hydrazine groups is 1. The molecule has 3 aliphatic heterocycles. The molecule has 6 heteroatoms. The van der Waals surface area contributed by atoms with Crippen LogP contribution in [0.2, 0.25) is 5.02 Å². The van der Waals surface area contributed by atoms with Crippen molar-refractivity contribution in [1.82, 2.24) is 20.2 Å². The number of ether oxygens (including phenoxy) is 1. The lowest BCUT2D eigenvalue weighted by molar-refractivity contribution is 0.163. The van der Waals surface area contributed by atoms with Crippen molar-refractivity contribution in [3.05, 3.63) is 88.1 Å². The van der Waals surface area contributed by atoms with Crippen LogP contribution in [0.3, 0.4) is 0 Å². The van der Waals surface area contributed by atoms with Gasteiger partial charge in [-0.1, -0.05) is 35.9 Å². The first-order chi connectivity index (χ1) is 16.1. The van der Waals surface area contributed by atoms with Crippen LogP contribution in [0, 0.1) is 0 Å². The molecule has 1 N–H and O–H groups in total. The van der Waals surface area contributed by atoms with Crippen molar-refractivity contribution < 1.29 is 4.74 Å². The molecule has 0 spiro atoms. The Morgan fingerprint density at radius 1 is 1.06 bits per heavy atom. The summed E-state index contributed by atoms with van der Waals surface area (Å²) in [7, 11) is 2.20. The van der Waals surface area contributed by atoms with Gasteiger partial charge in [0, 0.05) is 50.4 Å².